The fourth-order valence-electron chi connectivity index (χ4n) is 2.65. The summed E-state index contributed by atoms with van der Waals surface area (Å²) in [5.41, 5.74) is 1.51. The van der Waals surface area contributed by atoms with Gasteiger partial charge in [-0.05, 0) is 35.8 Å². The number of ether oxygens (including phenoxy) is 1. The molecule has 7 heteroatoms. The molecular weight excluding hydrogens is 349 g/mol. The Morgan fingerprint density at radius 2 is 2.00 bits per heavy atom. The van der Waals surface area contributed by atoms with Crippen molar-refractivity contribution in [1.82, 2.24) is 10.2 Å². The van der Waals surface area contributed by atoms with Crippen molar-refractivity contribution in [3.8, 4) is 0 Å². The van der Waals surface area contributed by atoms with Gasteiger partial charge in [-0.1, -0.05) is 25.1 Å². The van der Waals surface area contributed by atoms with Crippen LogP contribution in [0.4, 0.5) is 10.1 Å². The Morgan fingerprint density at radius 3 is 2.67 bits per heavy atom. The van der Waals surface area contributed by atoms with Crippen LogP contribution in [0.15, 0.2) is 66.2 Å². The van der Waals surface area contributed by atoms with Gasteiger partial charge in [0, 0.05) is 5.92 Å². The number of aldehydes is 1. The number of rotatable bonds is 6. The highest BCUT2D eigenvalue weighted by Crippen LogP contribution is 2.29. The fourth-order valence-corrected chi connectivity index (χ4v) is 2.65. The summed E-state index contributed by atoms with van der Waals surface area (Å²) < 4.78 is 18.8. The second-order valence-electron chi connectivity index (χ2n) is 6.18. The van der Waals surface area contributed by atoms with Crippen LogP contribution in [0.2, 0.25) is 0 Å². The van der Waals surface area contributed by atoms with Crippen LogP contribution >= 0.6 is 0 Å². The van der Waals surface area contributed by atoms with Crippen LogP contribution in [0.3, 0.4) is 0 Å². The van der Waals surface area contributed by atoms with Gasteiger partial charge in [0.15, 0.2) is 0 Å². The van der Waals surface area contributed by atoms with Crippen LogP contribution in [0.1, 0.15) is 12.5 Å². The number of amides is 1. The van der Waals surface area contributed by atoms with Gasteiger partial charge in [-0.3, -0.25) is 4.79 Å². The minimum absolute atomic E-state index is 0.107. The zero-order valence-corrected chi connectivity index (χ0v) is 14.6. The summed E-state index contributed by atoms with van der Waals surface area (Å²) >= 11 is 0. The number of anilines is 1. The predicted octanol–water partition coefficient (Wildman–Crippen LogP) is 3.05. The zero-order chi connectivity index (χ0) is 19.2. The Morgan fingerprint density at radius 1 is 1.22 bits per heavy atom. The van der Waals surface area contributed by atoms with E-state index in [1.54, 1.807) is 30.4 Å². The minimum atomic E-state index is -0.417. The standard InChI is InChI=1S/C20H18FN3O3/c1-13-8-19(27-12-14-2-4-16(21)5-3-14)18(9-15(13)11-25)20(26)24-17-6-7-22-23-10-17/h2-11,13,15H,12H2,1H3,(H,22,24,26). The number of aromatic nitrogens is 2. The molecule has 1 aromatic carbocycles. The SMILES string of the molecule is CC1C=C(OCc2ccc(F)cc2)C(C(=O)Nc2ccnnc2)=CC1C=O. The molecule has 0 radical (unpaired) electrons. The van der Waals surface area contributed by atoms with Crippen molar-refractivity contribution < 1.29 is 18.7 Å². The van der Waals surface area contributed by atoms with Crippen LogP contribution in [0.5, 0.6) is 0 Å². The number of hydrogen-bond donors (Lipinski definition) is 1. The number of nitrogens with one attached hydrogen (secondary N) is 1. The Hall–Kier alpha value is -3.35. The van der Waals surface area contributed by atoms with Gasteiger partial charge in [0.05, 0.1) is 23.7 Å². The van der Waals surface area contributed by atoms with Crippen molar-refractivity contribution in [2.24, 2.45) is 11.8 Å². The first-order valence-electron chi connectivity index (χ1n) is 8.41. The monoisotopic (exact) mass is 367 g/mol. The molecule has 1 N–H and O–H groups in total. The maximum absolute atomic E-state index is 13.0. The molecule has 0 saturated carbocycles. The van der Waals surface area contributed by atoms with E-state index in [2.05, 4.69) is 15.5 Å². The number of benzene rings is 1. The van der Waals surface area contributed by atoms with E-state index in [4.69, 9.17) is 4.74 Å². The average Bonchev–Trinajstić information content (AvgIpc) is 2.68. The summed E-state index contributed by atoms with van der Waals surface area (Å²) in [6.45, 7) is 2.05. The van der Waals surface area contributed by atoms with Crippen molar-refractivity contribution >= 4 is 17.9 Å². The second kappa shape index (κ2) is 8.35. The Balaban J connectivity index is 1.78. The molecule has 1 amide bonds. The molecular formula is C20H18FN3O3. The third-order valence-corrected chi connectivity index (χ3v) is 4.20. The lowest BCUT2D eigenvalue weighted by molar-refractivity contribution is -0.113. The molecule has 2 aromatic rings. The fraction of sp³-hybridized carbons (Fsp3) is 0.200. The molecule has 6 nitrogen and oxygen atoms in total. The quantitative estimate of drug-likeness (QED) is 0.794. The summed E-state index contributed by atoms with van der Waals surface area (Å²) in [5.74, 6) is -0.884. The minimum Gasteiger partial charge on any atom is -0.488 e. The molecule has 1 heterocycles. The van der Waals surface area contributed by atoms with Gasteiger partial charge < -0.3 is 14.8 Å². The van der Waals surface area contributed by atoms with Gasteiger partial charge in [-0.2, -0.15) is 10.2 Å². The lowest BCUT2D eigenvalue weighted by atomic mass is 9.87. The maximum Gasteiger partial charge on any atom is 0.259 e. The Labute approximate surface area is 155 Å². The van der Waals surface area contributed by atoms with E-state index in [0.717, 1.165) is 11.8 Å². The summed E-state index contributed by atoms with van der Waals surface area (Å²) in [4.78, 5) is 24.0. The van der Waals surface area contributed by atoms with E-state index in [1.165, 1.54) is 24.5 Å². The lowest BCUT2D eigenvalue weighted by Gasteiger charge is -2.23. The highest BCUT2D eigenvalue weighted by molar-refractivity contribution is 6.06. The van der Waals surface area contributed by atoms with Crippen LogP contribution in [0, 0.1) is 17.7 Å². The van der Waals surface area contributed by atoms with Crippen molar-refractivity contribution in [3.63, 3.8) is 0 Å². The predicted molar refractivity (Wildman–Crippen MR) is 96.7 cm³/mol. The number of carbonyl (C=O) groups is 2. The van der Waals surface area contributed by atoms with Gasteiger partial charge in [0.2, 0.25) is 0 Å². The second-order valence-corrected chi connectivity index (χ2v) is 6.18. The van der Waals surface area contributed by atoms with Crippen LogP contribution < -0.4 is 5.32 Å². The maximum atomic E-state index is 13.0. The number of carbonyl (C=O) groups excluding carboxylic acids is 2. The number of nitrogens with zero attached hydrogens (tertiary/aromatic N) is 2. The van der Waals surface area contributed by atoms with Gasteiger partial charge in [-0.25, -0.2) is 4.39 Å². The highest BCUT2D eigenvalue weighted by Gasteiger charge is 2.26. The van der Waals surface area contributed by atoms with Crippen LogP contribution in [0.25, 0.3) is 0 Å². The van der Waals surface area contributed by atoms with Gasteiger partial charge in [0.1, 0.15) is 24.5 Å². The molecule has 0 fully saturated rings. The molecule has 1 aliphatic rings. The smallest absolute Gasteiger partial charge is 0.259 e. The van der Waals surface area contributed by atoms with Crippen molar-refractivity contribution in [1.29, 1.82) is 0 Å². The number of hydrogen-bond acceptors (Lipinski definition) is 5. The molecule has 2 unspecified atom stereocenters. The van der Waals surface area contributed by atoms with E-state index in [0.29, 0.717) is 11.4 Å². The Kier molecular flexibility index (Phi) is 5.71. The first kappa shape index (κ1) is 18.4. The van der Waals surface area contributed by atoms with E-state index >= 15 is 0 Å². The van der Waals surface area contributed by atoms with E-state index in [-0.39, 0.29) is 23.9 Å². The largest absolute Gasteiger partial charge is 0.488 e. The summed E-state index contributed by atoms with van der Waals surface area (Å²) in [7, 11) is 0. The van der Waals surface area contributed by atoms with Crippen molar-refractivity contribution in [2.75, 3.05) is 5.32 Å². The molecule has 0 saturated heterocycles. The molecule has 0 spiro atoms. The third kappa shape index (κ3) is 4.63. The molecule has 138 valence electrons. The normalized spacial score (nSPS) is 18.9. The number of allylic oxidation sites excluding steroid dienone is 2. The zero-order valence-electron chi connectivity index (χ0n) is 14.6. The molecule has 1 aliphatic carbocycles. The topological polar surface area (TPSA) is 81.2 Å². The van der Waals surface area contributed by atoms with Crippen LogP contribution in [-0.2, 0) is 20.9 Å². The molecule has 1 aromatic heterocycles. The lowest BCUT2D eigenvalue weighted by Crippen LogP contribution is -2.24. The van der Waals surface area contributed by atoms with Gasteiger partial charge in [-0.15, -0.1) is 0 Å². The Bertz CT molecular complexity index is 879. The van der Waals surface area contributed by atoms with Gasteiger partial charge in [0.25, 0.3) is 5.91 Å². The van der Waals surface area contributed by atoms with Gasteiger partial charge >= 0.3 is 0 Å². The first-order chi connectivity index (χ1) is 13.1. The molecule has 2 atom stereocenters. The molecule has 27 heavy (non-hydrogen) atoms. The molecule has 0 aliphatic heterocycles. The summed E-state index contributed by atoms with van der Waals surface area (Å²) in [6, 6.07) is 7.53. The van der Waals surface area contributed by atoms with E-state index in [1.807, 2.05) is 6.92 Å². The van der Waals surface area contributed by atoms with E-state index < -0.39 is 11.8 Å². The molecule has 3 rings (SSSR count). The first-order valence-corrected chi connectivity index (χ1v) is 8.41. The third-order valence-electron chi connectivity index (χ3n) is 4.20. The summed E-state index contributed by atoms with van der Waals surface area (Å²) in [6.07, 6.45) is 7.04. The van der Waals surface area contributed by atoms with E-state index in [9.17, 15) is 14.0 Å². The highest BCUT2D eigenvalue weighted by atomic mass is 19.1. The van der Waals surface area contributed by atoms with Crippen LogP contribution in [-0.4, -0.2) is 22.4 Å². The summed E-state index contributed by atoms with van der Waals surface area (Å²) in [5, 5.41) is 10.1. The molecule has 0 bridgehead atoms. The van der Waals surface area contributed by atoms with Crippen molar-refractivity contribution in [2.45, 2.75) is 13.5 Å². The number of halogens is 1. The average molecular weight is 367 g/mol. The van der Waals surface area contributed by atoms with Crippen molar-refractivity contribution in [3.05, 3.63) is 77.6 Å².